The first-order valence-corrected chi connectivity index (χ1v) is 3.20. The zero-order valence-electron chi connectivity index (χ0n) is 7.35. The van der Waals surface area contributed by atoms with E-state index in [1.54, 1.807) is 0 Å². The van der Waals surface area contributed by atoms with Gasteiger partial charge in [-0.25, -0.2) is 4.79 Å². The molecule has 0 fully saturated rings. The van der Waals surface area contributed by atoms with E-state index in [9.17, 15) is 4.79 Å². The molecule has 2 atom stereocenters. The van der Waals surface area contributed by atoms with Crippen molar-refractivity contribution in [2.24, 2.45) is 0 Å². The van der Waals surface area contributed by atoms with Gasteiger partial charge < -0.3 is 37.6 Å². The molecule has 0 aromatic carbocycles. The van der Waals surface area contributed by atoms with Crippen LogP contribution in [0.2, 0.25) is 0 Å². The Labute approximate surface area is 108 Å². The Morgan fingerprint density at radius 2 is 1.93 bits per heavy atom. The van der Waals surface area contributed by atoms with E-state index in [0.717, 1.165) is 0 Å². The second-order valence-corrected chi connectivity index (χ2v) is 2.31. The third-order valence-electron chi connectivity index (χ3n) is 1.48. The molecule has 1 heterocycles. The molecule has 0 amide bonds. The number of aliphatic hydroxyl groups is 4. The van der Waals surface area contributed by atoms with Crippen LogP contribution in [-0.2, 0) is 9.53 Å². The molecule has 14 heavy (non-hydrogen) atoms. The van der Waals surface area contributed by atoms with Gasteiger partial charge in [0.15, 0.2) is 11.9 Å². The number of aliphatic hydroxyl groups excluding tert-OH is 4. The molecule has 0 saturated carbocycles. The molecule has 0 aromatic heterocycles. The van der Waals surface area contributed by atoms with E-state index in [0.29, 0.717) is 0 Å². The van der Waals surface area contributed by atoms with Crippen LogP contribution >= 0.6 is 0 Å². The van der Waals surface area contributed by atoms with Gasteiger partial charge >= 0.3 is 35.5 Å². The fraction of sp³-hybridized carbons (Fsp3) is 0.500. The summed E-state index contributed by atoms with van der Waals surface area (Å²) in [4.78, 5) is 10.5. The van der Waals surface area contributed by atoms with Crippen molar-refractivity contribution in [3.05, 3.63) is 11.5 Å². The summed E-state index contributed by atoms with van der Waals surface area (Å²) in [6, 6.07) is 0. The van der Waals surface area contributed by atoms with Crippen molar-refractivity contribution in [1.82, 2.24) is 0 Å². The van der Waals surface area contributed by atoms with Crippen LogP contribution < -0.4 is 42.0 Å². The van der Waals surface area contributed by atoms with Gasteiger partial charge in [0.1, 0.15) is 6.10 Å². The Hall–Kier alpha value is 0.0200. The normalized spacial score (nSPS) is 22.1. The first kappa shape index (κ1) is 16.4. The Morgan fingerprint density at radius 1 is 1.43 bits per heavy atom. The van der Waals surface area contributed by atoms with Gasteiger partial charge in [-0.1, -0.05) is 0 Å². The zero-order valence-corrected chi connectivity index (χ0v) is 10.1. The predicted molar refractivity (Wildman–Crippen MR) is 35.3 cm³/mol. The summed E-state index contributed by atoms with van der Waals surface area (Å²) in [6.45, 7) is -0.671. The van der Waals surface area contributed by atoms with E-state index in [2.05, 4.69) is 4.74 Å². The molecule has 4 N–H and O–H groups in total. The molecule has 0 unspecified atom stereocenters. The van der Waals surface area contributed by atoms with Gasteiger partial charge in [0.2, 0.25) is 5.76 Å². The summed E-state index contributed by atoms with van der Waals surface area (Å²) in [5.41, 5.74) is 0. The number of cyclic esters (lactones) is 1. The van der Waals surface area contributed by atoms with Crippen molar-refractivity contribution in [3.8, 4) is 0 Å². The summed E-state index contributed by atoms with van der Waals surface area (Å²) in [7, 11) is 0. The smallest absolute Gasteiger partial charge is 1.00 e. The largest absolute Gasteiger partial charge is 1.00 e. The van der Waals surface area contributed by atoms with Crippen LogP contribution in [0.15, 0.2) is 11.5 Å². The number of rotatable bonds is 2. The third-order valence-corrected chi connectivity index (χ3v) is 1.48. The van der Waals surface area contributed by atoms with Crippen LogP contribution in [0.3, 0.4) is 0 Å². The topological polar surface area (TPSA) is 107 Å². The van der Waals surface area contributed by atoms with E-state index in [1.807, 2.05) is 0 Å². The maximum atomic E-state index is 10.5. The molecule has 0 aliphatic carbocycles. The molecule has 6 nitrogen and oxygen atoms in total. The van der Waals surface area contributed by atoms with E-state index in [-0.39, 0.29) is 42.0 Å². The van der Waals surface area contributed by atoms with Crippen molar-refractivity contribution in [1.29, 1.82) is 0 Å². The second kappa shape index (κ2) is 6.49. The molecule has 1 rings (SSSR count). The maximum absolute atomic E-state index is 10.5. The van der Waals surface area contributed by atoms with Crippen molar-refractivity contribution in [2.45, 2.75) is 12.2 Å². The number of halogens is 1. The number of carbonyl (C=O) groups excluding carboxylic acids is 1. The standard InChI is InChI=1S/C6H8O6.ClH.Na/c7-1-2(8)5-3(9)4(10)6(11)12-5;;/h2,5,7-10H,1H2;1H;/q;;+1/p-1/t2-,5+;;/m0../s1. The van der Waals surface area contributed by atoms with Crippen molar-refractivity contribution in [3.63, 3.8) is 0 Å². The molecule has 1 aliphatic heterocycles. The van der Waals surface area contributed by atoms with E-state index < -0.39 is 36.3 Å². The molecule has 0 saturated heterocycles. The molecule has 0 radical (unpaired) electrons. The van der Waals surface area contributed by atoms with E-state index in [1.165, 1.54) is 0 Å². The molecular weight excluding hydrogens is 227 g/mol. The quantitative estimate of drug-likeness (QED) is 0.279. The minimum Gasteiger partial charge on any atom is -1.00 e. The molecule has 8 heteroatoms. The van der Waals surface area contributed by atoms with Crippen LogP contribution in [0.1, 0.15) is 0 Å². The third kappa shape index (κ3) is 3.01. The fourth-order valence-electron chi connectivity index (χ4n) is 0.823. The van der Waals surface area contributed by atoms with Gasteiger partial charge in [-0.15, -0.1) is 0 Å². The first-order valence-electron chi connectivity index (χ1n) is 3.20. The summed E-state index contributed by atoms with van der Waals surface area (Å²) in [5, 5.41) is 35.0. The van der Waals surface area contributed by atoms with Crippen LogP contribution in [0.5, 0.6) is 0 Å². The van der Waals surface area contributed by atoms with Crippen LogP contribution in [0.4, 0.5) is 0 Å². The average molecular weight is 235 g/mol. The van der Waals surface area contributed by atoms with Crippen LogP contribution in [-0.4, -0.2) is 45.2 Å². The Kier molecular flexibility index (Phi) is 7.63. The summed E-state index contributed by atoms with van der Waals surface area (Å²) in [6.07, 6.45) is -2.78. The molecule has 0 bridgehead atoms. The fourth-order valence-corrected chi connectivity index (χ4v) is 0.823. The molecule has 1 aliphatic rings. The predicted octanol–water partition coefficient (Wildman–Crippen LogP) is -7.40. The summed E-state index contributed by atoms with van der Waals surface area (Å²) < 4.78 is 4.32. The second-order valence-electron chi connectivity index (χ2n) is 2.31. The van der Waals surface area contributed by atoms with Gasteiger partial charge in [-0.2, -0.15) is 0 Å². The molecular formula is C6H8ClNaO6. The SMILES string of the molecule is O=C1O[C@H]([C@@H](O)CO)C(O)=C1O.[Cl-].[Na+]. The van der Waals surface area contributed by atoms with Gasteiger partial charge in [-0.05, 0) is 0 Å². The van der Waals surface area contributed by atoms with Crippen LogP contribution in [0.25, 0.3) is 0 Å². The van der Waals surface area contributed by atoms with E-state index >= 15 is 0 Å². The van der Waals surface area contributed by atoms with Crippen LogP contribution in [0, 0.1) is 0 Å². The van der Waals surface area contributed by atoms with Gasteiger partial charge in [0.05, 0.1) is 6.61 Å². The van der Waals surface area contributed by atoms with Gasteiger partial charge in [0.25, 0.3) is 0 Å². The Morgan fingerprint density at radius 3 is 2.21 bits per heavy atom. The number of esters is 1. The Balaban J connectivity index is 0. The first-order chi connectivity index (χ1) is 5.57. The molecule has 0 spiro atoms. The number of carbonyl (C=O) groups is 1. The molecule has 0 aromatic rings. The van der Waals surface area contributed by atoms with Crippen molar-refractivity contribution in [2.75, 3.05) is 6.61 Å². The van der Waals surface area contributed by atoms with E-state index in [4.69, 9.17) is 20.4 Å². The maximum Gasteiger partial charge on any atom is 1.00 e. The number of hydrogen-bond acceptors (Lipinski definition) is 6. The van der Waals surface area contributed by atoms with Crippen molar-refractivity contribution < 1.29 is 71.9 Å². The monoisotopic (exact) mass is 234 g/mol. The average Bonchev–Trinajstić information content (AvgIpc) is 2.32. The van der Waals surface area contributed by atoms with Gasteiger partial charge in [-0.3, -0.25) is 0 Å². The zero-order chi connectivity index (χ0) is 9.30. The molecule has 76 valence electrons. The minimum atomic E-state index is -1.42. The number of hydrogen-bond donors (Lipinski definition) is 4. The minimum absolute atomic E-state index is 0. The van der Waals surface area contributed by atoms with Gasteiger partial charge in [0, 0.05) is 0 Å². The Bertz CT molecular complexity index is 242. The summed E-state index contributed by atoms with van der Waals surface area (Å²) >= 11 is 0. The summed E-state index contributed by atoms with van der Waals surface area (Å²) in [5.74, 6) is -2.78. The van der Waals surface area contributed by atoms with Crippen molar-refractivity contribution >= 4 is 5.97 Å². The number of ether oxygens (including phenoxy) is 1.